The summed E-state index contributed by atoms with van der Waals surface area (Å²) < 4.78 is 17.1. The number of fused-ring (bicyclic) bond motifs is 1. The first-order valence-electron chi connectivity index (χ1n) is 21.1. The Bertz CT molecular complexity index is 2530. The molecule has 1 aliphatic heterocycles. The third kappa shape index (κ3) is 11.8. The number of thiazole rings is 1. The van der Waals surface area contributed by atoms with Crippen LogP contribution in [0.1, 0.15) is 44.0 Å². The molecule has 6 aromatic rings. The van der Waals surface area contributed by atoms with E-state index >= 15 is 0 Å². The Kier molecular flexibility index (Phi) is 15.3. The fraction of sp³-hybridized carbons (Fsp3) is 0.362. The molecule has 4 heterocycles. The number of benzene rings is 3. The van der Waals surface area contributed by atoms with Crippen LogP contribution in [0.25, 0.3) is 32.7 Å². The quantitative estimate of drug-likeness (QED) is 0.0555. The second kappa shape index (κ2) is 21.2. The Hall–Kier alpha value is -5.91. The molecule has 3 amide bonds. The number of hydrogen-bond acceptors (Lipinski definition) is 12. The Morgan fingerprint density at radius 2 is 1.67 bits per heavy atom. The van der Waals surface area contributed by atoms with Crippen LogP contribution in [-0.2, 0) is 36.9 Å². The summed E-state index contributed by atoms with van der Waals surface area (Å²) in [6, 6.07) is 23.4. The molecule has 336 valence electrons. The fourth-order valence-corrected chi connectivity index (χ4v) is 8.39. The van der Waals surface area contributed by atoms with E-state index in [2.05, 4.69) is 35.9 Å². The van der Waals surface area contributed by atoms with Crippen molar-refractivity contribution in [2.45, 2.75) is 65.4 Å². The third-order valence-electron chi connectivity index (χ3n) is 10.8. The van der Waals surface area contributed by atoms with Crippen LogP contribution >= 0.6 is 22.9 Å². The van der Waals surface area contributed by atoms with Crippen molar-refractivity contribution < 1.29 is 33.7 Å². The number of H-pyrrole nitrogens is 1. The van der Waals surface area contributed by atoms with E-state index in [1.54, 1.807) is 11.3 Å². The Morgan fingerprint density at radius 1 is 0.938 bits per heavy atom. The SMILES string of the molecule is Cc1ncsc1-c1ccc(CNC(=O)[C@@H]2C[C@@H](O)CN2C(=O)[C@@H](NC(=O)COCCOCCOc2ccc(-c3cc4c(NCc5ccccc5Cl)ncnc4[nH]3)cc2)C(C)(C)C)cc1. The van der Waals surface area contributed by atoms with Crippen molar-refractivity contribution in [3.63, 3.8) is 0 Å². The lowest BCUT2D eigenvalue weighted by Gasteiger charge is -2.35. The Labute approximate surface area is 380 Å². The van der Waals surface area contributed by atoms with Crippen molar-refractivity contribution in [1.29, 1.82) is 0 Å². The molecule has 17 heteroatoms. The van der Waals surface area contributed by atoms with Gasteiger partial charge in [-0.1, -0.05) is 74.8 Å². The minimum atomic E-state index is -0.966. The standard InChI is InChI=1S/C47H53ClN8O7S/c1-29-41(64-28-53-29)32-11-9-30(10-12-32)23-50-45(59)39-21-34(57)25-56(39)46(60)42(47(2,3)4)55-40(58)26-62-18-17-61-19-20-63-35-15-13-31(14-16-35)38-22-36-43(51-27-52-44(36)54-38)49-24-33-7-5-6-8-37(33)48/h5-16,22,27-28,34,39,42,57H,17-21,23-26H2,1-4H3,(H,50,59)(H,55,58)(H2,49,51,52,54)/t34-,39+,42-/m1/s1. The number of aromatic nitrogens is 4. The van der Waals surface area contributed by atoms with Gasteiger partial charge in [-0.3, -0.25) is 14.4 Å². The van der Waals surface area contributed by atoms with Gasteiger partial charge in [0.2, 0.25) is 17.7 Å². The first-order chi connectivity index (χ1) is 30.8. The molecular weight excluding hydrogens is 856 g/mol. The van der Waals surface area contributed by atoms with Gasteiger partial charge < -0.3 is 45.2 Å². The molecule has 5 N–H and O–H groups in total. The van der Waals surface area contributed by atoms with E-state index in [1.807, 2.05) is 112 Å². The summed E-state index contributed by atoms with van der Waals surface area (Å²) in [5, 5.41) is 21.2. The minimum absolute atomic E-state index is 0.0158. The molecule has 1 saturated heterocycles. The molecule has 3 aromatic heterocycles. The minimum Gasteiger partial charge on any atom is -0.491 e. The van der Waals surface area contributed by atoms with Crippen molar-refractivity contribution in [1.82, 2.24) is 35.5 Å². The first kappa shape index (κ1) is 46.1. The average molecular weight is 910 g/mol. The van der Waals surface area contributed by atoms with Gasteiger partial charge in [0, 0.05) is 36.8 Å². The number of carbonyl (C=O) groups excluding carboxylic acids is 3. The molecular formula is C47H53ClN8O7S. The summed E-state index contributed by atoms with van der Waals surface area (Å²) in [5.41, 5.74) is 7.55. The lowest BCUT2D eigenvalue weighted by atomic mass is 9.85. The number of halogens is 1. The number of rotatable bonds is 19. The van der Waals surface area contributed by atoms with E-state index in [4.69, 9.17) is 25.8 Å². The van der Waals surface area contributed by atoms with Crippen molar-refractivity contribution in [2.24, 2.45) is 5.41 Å². The van der Waals surface area contributed by atoms with Gasteiger partial charge in [-0.15, -0.1) is 11.3 Å². The average Bonchev–Trinajstić information content (AvgIpc) is 4.03. The molecule has 3 aromatic carbocycles. The zero-order valence-electron chi connectivity index (χ0n) is 36.2. The maximum absolute atomic E-state index is 13.9. The van der Waals surface area contributed by atoms with Crippen LogP contribution in [0.2, 0.25) is 5.02 Å². The third-order valence-corrected chi connectivity index (χ3v) is 12.2. The van der Waals surface area contributed by atoms with E-state index in [0.717, 1.165) is 43.9 Å². The van der Waals surface area contributed by atoms with E-state index in [-0.39, 0.29) is 45.2 Å². The number of nitrogens with one attached hydrogen (secondary N) is 4. The Balaban J connectivity index is 0.807. The van der Waals surface area contributed by atoms with Crippen molar-refractivity contribution in [3.05, 3.63) is 113 Å². The van der Waals surface area contributed by atoms with Gasteiger partial charge in [-0.05, 0) is 71.0 Å². The molecule has 0 spiro atoms. The molecule has 0 unspecified atom stereocenters. The van der Waals surface area contributed by atoms with Gasteiger partial charge in [0.1, 0.15) is 48.8 Å². The number of carbonyl (C=O) groups is 3. The van der Waals surface area contributed by atoms with Crippen LogP contribution in [0.4, 0.5) is 5.82 Å². The summed E-state index contributed by atoms with van der Waals surface area (Å²) >= 11 is 7.90. The summed E-state index contributed by atoms with van der Waals surface area (Å²) in [5.74, 6) is 0.0889. The molecule has 0 aliphatic carbocycles. The van der Waals surface area contributed by atoms with E-state index < -0.39 is 35.4 Å². The maximum atomic E-state index is 13.9. The van der Waals surface area contributed by atoms with E-state index in [9.17, 15) is 19.5 Å². The maximum Gasteiger partial charge on any atom is 0.246 e. The van der Waals surface area contributed by atoms with Crippen LogP contribution < -0.4 is 20.7 Å². The normalized spacial score (nSPS) is 15.6. The summed E-state index contributed by atoms with van der Waals surface area (Å²) in [6.45, 7) is 8.93. The second-order valence-corrected chi connectivity index (χ2v) is 17.9. The molecule has 7 rings (SSSR count). The van der Waals surface area contributed by atoms with Crippen LogP contribution in [-0.4, -0.2) is 105 Å². The molecule has 0 bridgehead atoms. The van der Waals surface area contributed by atoms with Crippen molar-refractivity contribution in [2.75, 3.05) is 44.9 Å². The lowest BCUT2D eigenvalue weighted by molar-refractivity contribution is -0.144. The number of likely N-dealkylation sites (tertiary alicyclic amines) is 1. The van der Waals surface area contributed by atoms with Gasteiger partial charge in [-0.25, -0.2) is 15.0 Å². The number of hydrogen-bond donors (Lipinski definition) is 5. The number of aliphatic hydroxyl groups excluding tert-OH is 1. The summed E-state index contributed by atoms with van der Waals surface area (Å²) in [4.78, 5) is 59.3. The zero-order chi connectivity index (χ0) is 45.2. The van der Waals surface area contributed by atoms with Gasteiger partial charge in [0.15, 0.2) is 0 Å². The van der Waals surface area contributed by atoms with Crippen LogP contribution in [0.5, 0.6) is 5.75 Å². The van der Waals surface area contributed by atoms with E-state index in [1.165, 1.54) is 11.2 Å². The summed E-state index contributed by atoms with van der Waals surface area (Å²) in [7, 11) is 0. The zero-order valence-corrected chi connectivity index (χ0v) is 37.8. The number of aliphatic hydroxyl groups is 1. The number of aryl methyl sites for hydroxylation is 1. The topological polar surface area (TPSA) is 193 Å². The number of nitrogens with zero attached hydrogens (tertiary/aromatic N) is 4. The number of amides is 3. The van der Waals surface area contributed by atoms with Crippen molar-refractivity contribution in [3.8, 4) is 27.4 Å². The lowest BCUT2D eigenvalue weighted by Crippen LogP contribution is -2.58. The summed E-state index contributed by atoms with van der Waals surface area (Å²) in [6.07, 6.45) is 0.744. The van der Waals surface area contributed by atoms with Crippen LogP contribution in [0.3, 0.4) is 0 Å². The highest BCUT2D eigenvalue weighted by Gasteiger charge is 2.44. The first-order valence-corrected chi connectivity index (χ1v) is 22.3. The number of ether oxygens (including phenoxy) is 3. The smallest absolute Gasteiger partial charge is 0.246 e. The molecule has 3 atom stereocenters. The van der Waals surface area contributed by atoms with Gasteiger partial charge in [0.25, 0.3) is 0 Å². The molecule has 15 nitrogen and oxygen atoms in total. The molecule has 64 heavy (non-hydrogen) atoms. The predicted octanol–water partition coefficient (Wildman–Crippen LogP) is 6.54. The molecule has 0 saturated carbocycles. The Morgan fingerprint density at radius 3 is 2.41 bits per heavy atom. The van der Waals surface area contributed by atoms with Gasteiger partial charge in [0.05, 0.1) is 47.4 Å². The monoisotopic (exact) mass is 908 g/mol. The number of aromatic amines is 1. The van der Waals surface area contributed by atoms with Crippen molar-refractivity contribution >= 4 is 57.5 Å². The molecule has 0 radical (unpaired) electrons. The molecule has 1 fully saturated rings. The largest absolute Gasteiger partial charge is 0.491 e. The van der Waals surface area contributed by atoms with Gasteiger partial charge >= 0.3 is 0 Å². The predicted molar refractivity (Wildman–Crippen MR) is 247 cm³/mol. The fourth-order valence-electron chi connectivity index (χ4n) is 7.37. The number of β-amino-alcohol motifs (C(OH)–C–C–N with tert-alkyl or cyclic N) is 1. The highest BCUT2D eigenvalue weighted by molar-refractivity contribution is 7.13. The van der Waals surface area contributed by atoms with Crippen LogP contribution in [0.15, 0.2) is 90.7 Å². The highest BCUT2D eigenvalue weighted by Crippen LogP contribution is 2.30. The van der Waals surface area contributed by atoms with Gasteiger partial charge in [-0.2, -0.15) is 0 Å². The number of anilines is 1. The highest BCUT2D eigenvalue weighted by atomic mass is 35.5. The second-order valence-electron chi connectivity index (χ2n) is 16.6. The van der Waals surface area contributed by atoms with E-state index in [0.29, 0.717) is 42.0 Å². The molecule has 1 aliphatic rings. The van der Waals surface area contributed by atoms with Crippen LogP contribution in [0, 0.1) is 12.3 Å².